The van der Waals surface area contributed by atoms with E-state index in [1.54, 1.807) is 4.57 Å². The summed E-state index contributed by atoms with van der Waals surface area (Å²) < 4.78 is 12.5. The molecule has 0 aliphatic carbocycles. The van der Waals surface area contributed by atoms with E-state index in [-0.39, 0.29) is 32.0 Å². The Morgan fingerprint density at radius 2 is 2.00 bits per heavy atom. The number of anilines is 1. The smallest absolute Gasteiger partial charge is 0.247 e. The second kappa shape index (κ2) is 6.66. The van der Waals surface area contributed by atoms with Gasteiger partial charge in [-0.1, -0.05) is 0 Å². The fourth-order valence-electron chi connectivity index (χ4n) is 1.68. The molecule has 0 spiro atoms. The molecule has 2 rings (SSSR count). The highest BCUT2D eigenvalue weighted by atomic mass is 16.5. The maximum Gasteiger partial charge on any atom is 0.247 e. The molecule has 0 atom stereocenters. The van der Waals surface area contributed by atoms with E-state index in [0.29, 0.717) is 17.0 Å². The molecule has 2 aromatic rings. The quantitative estimate of drug-likeness (QED) is 0.625. The number of hydrogen-bond donors (Lipinski definition) is 3. The van der Waals surface area contributed by atoms with Crippen molar-refractivity contribution in [2.24, 2.45) is 0 Å². The summed E-state index contributed by atoms with van der Waals surface area (Å²) in [5.41, 5.74) is 6.62. The van der Waals surface area contributed by atoms with Crippen LogP contribution in [0.2, 0.25) is 0 Å². The van der Waals surface area contributed by atoms with Gasteiger partial charge in [-0.3, -0.25) is 4.57 Å². The molecule has 9 heteroatoms. The Morgan fingerprint density at radius 1 is 1.29 bits per heavy atom. The average molecular weight is 297 g/mol. The number of rotatable bonds is 7. The molecule has 2 heterocycles. The van der Waals surface area contributed by atoms with Gasteiger partial charge >= 0.3 is 0 Å². The minimum atomic E-state index is -0.659. The van der Waals surface area contributed by atoms with E-state index in [1.807, 2.05) is 13.8 Å². The van der Waals surface area contributed by atoms with Gasteiger partial charge in [0.15, 0.2) is 11.2 Å². The van der Waals surface area contributed by atoms with E-state index in [4.69, 9.17) is 25.4 Å². The second-order valence-electron chi connectivity index (χ2n) is 4.72. The first-order valence-electron chi connectivity index (χ1n) is 6.53. The summed E-state index contributed by atoms with van der Waals surface area (Å²) in [5.74, 6) is 0.382. The van der Waals surface area contributed by atoms with Crippen LogP contribution in [-0.4, -0.2) is 55.2 Å². The predicted molar refractivity (Wildman–Crippen MR) is 74.5 cm³/mol. The molecule has 0 aromatic carbocycles. The van der Waals surface area contributed by atoms with E-state index in [0.717, 1.165) is 0 Å². The lowest BCUT2D eigenvalue weighted by Crippen LogP contribution is -2.23. The van der Waals surface area contributed by atoms with Gasteiger partial charge in [-0.2, -0.15) is 9.97 Å². The molecule has 116 valence electrons. The van der Waals surface area contributed by atoms with Crippen LogP contribution in [-0.2, 0) is 11.5 Å². The zero-order valence-electron chi connectivity index (χ0n) is 11.9. The number of aromatic nitrogens is 4. The molecule has 0 unspecified atom stereocenters. The van der Waals surface area contributed by atoms with Gasteiger partial charge in [-0.15, -0.1) is 0 Å². The Balaban J connectivity index is 2.28. The number of aliphatic hydroxyl groups is 2. The summed E-state index contributed by atoms with van der Waals surface area (Å²) >= 11 is 0. The van der Waals surface area contributed by atoms with Gasteiger partial charge in [-0.25, -0.2) is 4.98 Å². The maximum absolute atomic E-state index is 8.98. The van der Waals surface area contributed by atoms with Crippen molar-refractivity contribution in [3.8, 4) is 5.88 Å². The van der Waals surface area contributed by atoms with Gasteiger partial charge in [0.25, 0.3) is 0 Å². The van der Waals surface area contributed by atoms with Crippen molar-refractivity contribution in [2.45, 2.75) is 32.8 Å². The fourth-order valence-corrected chi connectivity index (χ4v) is 1.68. The molecule has 21 heavy (non-hydrogen) atoms. The Kier molecular flexibility index (Phi) is 4.89. The van der Waals surface area contributed by atoms with E-state index in [2.05, 4.69) is 15.0 Å². The molecule has 0 aliphatic heterocycles. The van der Waals surface area contributed by atoms with Crippen LogP contribution >= 0.6 is 0 Å². The third-order valence-electron chi connectivity index (χ3n) is 2.65. The lowest BCUT2D eigenvalue weighted by Gasteiger charge is -2.13. The summed E-state index contributed by atoms with van der Waals surface area (Å²) in [6.07, 6.45) is 0.780. The second-order valence-corrected chi connectivity index (χ2v) is 4.72. The van der Waals surface area contributed by atoms with Gasteiger partial charge in [-0.05, 0) is 13.8 Å². The van der Waals surface area contributed by atoms with Crippen LogP contribution in [0.1, 0.15) is 13.8 Å². The molecule has 0 radical (unpaired) electrons. The highest BCUT2D eigenvalue weighted by Gasteiger charge is 2.15. The standard InChI is InChI=1S/C12H19N5O4/c1-7(2)21-11-9-10(15-12(13)16-11)17(5-14-9)6-20-8(3-18)4-19/h5,7-8,18-19H,3-4,6H2,1-2H3,(H2,13,15,16). The monoisotopic (exact) mass is 297 g/mol. The Hall–Kier alpha value is -1.97. The number of hydrogen-bond acceptors (Lipinski definition) is 8. The van der Waals surface area contributed by atoms with E-state index in [1.165, 1.54) is 6.33 Å². The SMILES string of the molecule is CC(C)Oc1nc(N)nc2c1ncn2COC(CO)CO. The lowest BCUT2D eigenvalue weighted by molar-refractivity contribution is -0.0488. The Bertz CT molecular complexity index is 597. The predicted octanol–water partition coefficient (Wildman–Crippen LogP) is -0.477. The van der Waals surface area contributed by atoms with Crippen LogP contribution < -0.4 is 10.5 Å². The summed E-state index contributed by atoms with van der Waals surface area (Å²) in [7, 11) is 0. The number of aliphatic hydroxyl groups excluding tert-OH is 2. The molecular formula is C12H19N5O4. The fraction of sp³-hybridized carbons (Fsp3) is 0.583. The lowest BCUT2D eigenvalue weighted by atomic mass is 10.4. The largest absolute Gasteiger partial charge is 0.473 e. The van der Waals surface area contributed by atoms with Crippen molar-refractivity contribution in [1.82, 2.24) is 19.5 Å². The molecular weight excluding hydrogens is 278 g/mol. The molecule has 0 amide bonds. The Morgan fingerprint density at radius 3 is 2.62 bits per heavy atom. The molecule has 0 bridgehead atoms. The van der Waals surface area contributed by atoms with Crippen molar-refractivity contribution in [1.29, 1.82) is 0 Å². The zero-order valence-corrected chi connectivity index (χ0v) is 11.9. The zero-order chi connectivity index (χ0) is 15.4. The third-order valence-corrected chi connectivity index (χ3v) is 2.65. The normalized spacial score (nSPS) is 11.7. The van der Waals surface area contributed by atoms with Crippen LogP contribution in [0.4, 0.5) is 5.95 Å². The van der Waals surface area contributed by atoms with Crippen LogP contribution in [0.3, 0.4) is 0 Å². The summed E-state index contributed by atoms with van der Waals surface area (Å²) in [6, 6.07) is 0. The minimum Gasteiger partial charge on any atom is -0.473 e. The van der Waals surface area contributed by atoms with Crippen molar-refractivity contribution in [2.75, 3.05) is 18.9 Å². The van der Waals surface area contributed by atoms with Crippen LogP contribution in [0, 0.1) is 0 Å². The summed E-state index contributed by atoms with van der Waals surface area (Å²) in [6.45, 7) is 3.26. The third kappa shape index (κ3) is 3.57. The Labute approximate surface area is 121 Å². The number of nitrogens with zero attached hydrogens (tertiary/aromatic N) is 4. The minimum absolute atomic E-state index is 0.0693. The topological polar surface area (TPSA) is 129 Å². The van der Waals surface area contributed by atoms with Crippen LogP contribution in [0.25, 0.3) is 11.2 Å². The van der Waals surface area contributed by atoms with Crippen molar-refractivity contribution in [3.63, 3.8) is 0 Å². The summed E-state index contributed by atoms with van der Waals surface area (Å²) in [5, 5.41) is 18.0. The van der Waals surface area contributed by atoms with Crippen LogP contribution in [0.15, 0.2) is 6.33 Å². The highest BCUT2D eigenvalue weighted by molar-refractivity contribution is 5.77. The van der Waals surface area contributed by atoms with E-state index in [9.17, 15) is 0 Å². The van der Waals surface area contributed by atoms with Gasteiger partial charge in [0.1, 0.15) is 12.8 Å². The molecule has 0 fully saturated rings. The first-order chi connectivity index (χ1) is 10.0. The van der Waals surface area contributed by atoms with Gasteiger partial charge in [0.2, 0.25) is 11.8 Å². The molecule has 4 N–H and O–H groups in total. The molecule has 0 saturated heterocycles. The van der Waals surface area contributed by atoms with Gasteiger partial charge < -0.3 is 25.4 Å². The van der Waals surface area contributed by atoms with Crippen molar-refractivity contribution >= 4 is 17.1 Å². The molecule has 0 saturated carbocycles. The first-order valence-corrected chi connectivity index (χ1v) is 6.53. The molecule has 0 aliphatic rings. The molecule has 2 aromatic heterocycles. The molecule has 9 nitrogen and oxygen atoms in total. The average Bonchev–Trinajstić information content (AvgIpc) is 2.82. The maximum atomic E-state index is 8.98. The highest BCUT2D eigenvalue weighted by Crippen LogP contribution is 2.22. The van der Waals surface area contributed by atoms with Crippen molar-refractivity contribution in [3.05, 3.63) is 6.33 Å². The van der Waals surface area contributed by atoms with Crippen LogP contribution in [0.5, 0.6) is 5.88 Å². The first kappa shape index (κ1) is 15.4. The number of nitrogens with two attached hydrogens (primary N) is 1. The van der Waals surface area contributed by atoms with Gasteiger partial charge in [0, 0.05) is 0 Å². The van der Waals surface area contributed by atoms with Crippen molar-refractivity contribution < 1.29 is 19.7 Å². The number of ether oxygens (including phenoxy) is 2. The number of imidazole rings is 1. The van der Waals surface area contributed by atoms with Gasteiger partial charge in [0.05, 0.1) is 25.6 Å². The number of nitrogen functional groups attached to an aromatic ring is 1. The number of fused-ring (bicyclic) bond motifs is 1. The van der Waals surface area contributed by atoms with E-state index < -0.39 is 6.10 Å². The summed E-state index contributed by atoms with van der Waals surface area (Å²) in [4.78, 5) is 12.3. The van der Waals surface area contributed by atoms with E-state index >= 15 is 0 Å².